The minimum Gasteiger partial charge on any atom is -0.464 e. The number of nitrogens with one attached hydrogen (secondary N) is 1. The van der Waals surface area contributed by atoms with Gasteiger partial charge in [0.15, 0.2) is 9.90 Å². The second kappa shape index (κ2) is 6.30. The zero-order valence-corrected chi connectivity index (χ0v) is 14.4. The first kappa shape index (κ1) is 16.2. The summed E-state index contributed by atoms with van der Waals surface area (Å²) in [7, 11) is -2.84. The van der Waals surface area contributed by atoms with E-state index in [4.69, 9.17) is 11.6 Å². The number of sulfonamides is 1. The number of anilines is 1. The molecule has 10 heteroatoms. The molecule has 1 aromatic heterocycles. The van der Waals surface area contributed by atoms with Crippen LogP contribution in [0.5, 0.6) is 0 Å². The van der Waals surface area contributed by atoms with Crippen LogP contribution in [0.4, 0.5) is 5.69 Å². The Morgan fingerprint density at radius 1 is 1.48 bits per heavy atom. The third-order valence-corrected chi connectivity index (χ3v) is 5.87. The Labute approximate surface area is 138 Å². The maximum Gasteiger partial charge on any atom is 0.358 e. The Balaban J connectivity index is 2.39. The molecule has 0 aliphatic rings. The first-order chi connectivity index (χ1) is 9.85. The topological polar surface area (TPSA) is 85.4 Å². The third kappa shape index (κ3) is 3.54. The van der Waals surface area contributed by atoms with Crippen molar-refractivity contribution in [2.45, 2.75) is 4.21 Å². The lowest BCUT2D eigenvalue weighted by Crippen LogP contribution is -2.16. The zero-order chi connectivity index (χ0) is 15.6. The summed E-state index contributed by atoms with van der Waals surface area (Å²) in [6, 6.07) is 4.69. The van der Waals surface area contributed by atoms with Crippen LogP contribution in [0.1, 0.15) is 10.5 Å². The van der Waals surface area contributed by atoms with Gasteiger partial charge in [-0.3, -0.25) is 4.72 Å². The number of rotatable bonds is 4. The van der Waals surface area contributed by atoms with E-state index in [-0.39, 0.29) is 20.6 Å². The lowest BCUT2D eigenvalue weighted by Gasteiger charge is -2.09. The van der Waals surface area contributed by atoms with Crippen molar-refractivity contribution in [2.24, 2.45) is 0 Å². The van der Waals surface area contributed by atoms with E-state index >= 15 is 0 Å². The van der Waals surface area contributed by atoms with E-state index in [0.29, 0.717) is 4.47 Å². The van der Waals surface area contributed by atoms with Crippen molar-refractivity contribution in [3.05, 3.63) is 38.9 Å². The number of benzene rings is 1. The summed E-state index contributed by atoms with van der Waals surface area (Å²) in [6.45, 7) is 0. The van der Waals surface area contributed by atoms with Gasteiger partial charge in [-0.15, -0.1) is 11.3 Å². The molecule has 0 atom stereocenters. The van der Waals surface area contributed by atoms with Crippen molar-refractivity contribution in [2.75, 3.05) is 11.8 Å². The molecule has 1 N–H and O–H groups in total. The third-order valence-electron chi connectivity index (χ3n) is 2.33. The zero-order valence-electron chi connectivity index (χ0n) is 10.5. The second-order valence-corrected chi connectivity index (χ2v) is 7.76. The largest absolute Gasteiger partial charge is 0.464 e. The van der Waals surface area contributed by atoms with E-state index in [1.165, 1.54) is 11.6 Å². The van der Waals surface area contributed by atoms with Crippen molar-refractivity contribution in [3.63, 3.8) is 0 Å². The molecule has 0 aliphatic heterocycles. The molecule has 0 spiro atoms. The van der Waals surface area contributed by atoms with Crippen molar-refractivity contribution < 1.29 is 17.9 Å². The van der Waals surface area contributed by atoms with Crippen molar-refractivity contribution in [1.29, 1.82) is 0 Å². The van der Waals surface area contributed by atoms with Crippen LogP contribution in [0.2, 0.25) is 5.02 Å². The molecular weight excluding hydrogens is 404 g/mol. The molecule has 0 fully saturated rings. The Hall–Kier alpha value is -1.16. The van der Waals surface area contributed by atoms with Gasteiger partial charge in [-0.05, 0) is 18.2 Å². The predicted octanol–water partition coefficient (Wildman–Crippen LogP) is 3.15. The molecule has 0 radical (unpaired) electrons. The highest BCUT2D eigenvalue weighted by molar-refractivity contribution is 9.10. The molecule has 1 aromatic carbocycles. The van der Waals surface area contributed by atoms with Gasteiger partial charge in [0.2, 0.25) is 0 Å². The van der Waals surface area contributed by atoms with Crippen LogP contribution >= 0.6 is 38.9 Å². The molecule has 21 heavy (non-hydrogen) atoms. The Morgan fingerprint density at radius 3 is 2.81 bits per heavy atom. The van der Waals surface area contributed by atoms with Crippen LogP contribution in [-0.2, 0) is 14.8 Å². The van der Waals surface area contributed by atoms with Gasteiger partial charge in [0.1, 0.15) is 0 Å². The maximum absolute atomic E-state index is 12.3. The van der Waals surface area contributed by atoms with Gasteiger partial charge in [0, 0.05) is 4.47 Å². The number of nitrogens with zero attached hydrogens (tertiary/aromatic N) is 1. The quantitative estimate of drug-likeness (QED) is 0.781. The lowest BCUT2D eigenvalue weighted by atomic mass is 10.3. The molecule has 112 valence electrons. The van der Waals surface area contributed by atoms with Gasteiger partial charge in [-0.25, -0.2) is 18.2 Å². The van der Waals surface area contributed by atoms with Gasteiger partial charge in [-0.1, -0.05) is 27.5 Å². The van der Waals surface area contributed by atoms with Crippen LogP contribution in [0.3, 0.4) is 0 Å². The number of thiazole rings is 1. The van der Waals surface area contributed by atoms with Crippen molar-refractivity contribution >= 4 is 60.5 Å². The van der Waals surface area contributed by atoms with Gasteiger partial charge < -0.3 is 4.74 Å². The smallest absolute Gasteiger partial charge is 0.358 e. The second-order valence-electron chi connectivity index (χ2n) is 3.71. The molecule has 2 aromatic rings. The first-order valence-electron chi connectivity index (χ1n) is 5.35. The number of hydrogen-bond donors (Lipinski definition) is 1. The van der Waals surface area contributed by atoms with E-state index in [1.54, 1.807) is 12.1 Å². The molecule has 6 nitrogen and oxygen atoms in total. The minimum absolute atomic E-state index is 0.198. The van der Waals surface area contributed by atoms with E-state index in [2.05, 4.69) is 30.4 Å². The number of ether oxygens (including phenoxy) is 1. The summed E-state index contributed by atoms with van der Waals surface area (Å²) in [6.07, 6.45) is 0. The van der Waals surface area contributed by atoms with Gasteiger partial charge in [0.25, 0.3) is 10.0 Å². The lowest BCUT2D eigenvalue weighted by molar-refractivity contribution is 0.0590. The van der Waals surface area contributed by atoms with Crippen LogP contribution < -0.4 is 4.72 Å². The standard InChI is InChI=1S/C11H8BrClN2O4S2/c1-19-10(16)9-11(20-5-14-9)21(17,18)15-8-3-2-6(12)4-7(8)13/h2-5,15H,1H3. The maximum atomic E-state index is 12.3. The minimum atomic E-state index is -3.99. The Morgan fingerprint density at radius 2 is 2.19 bits per heavy atom. The molecule has 0 saturated carbocycles. The van der Waals surface area contributed by atoms with E-state index in [0.717, 1.165) is 18.4 Å². The summed E-state index contributed by atoms with van der Waals surface area (Å²) in [4.78, 5) is 15.2. The SMILES string of the molecule is COC(=O)c1ncsc1S(=O)(=O)Nc1ccc(Br)cc1Cl. The summed E-state index contributed by atoms with van der Waals surface area (Å²) in [5.74, 6) is -0.821. The van der Waals surface area contributed by atoms with Gasteiger partial charge in [0.05, 0.1) is 23.3 Å². The van der Waals surface area contributed by atoms with E-state index in [9.17, 15) is 13.2 Å². The number of hydrogen-bond acceptors (Lipinski definition) is 6. The Bertz CT molecular complexity index is 791. The average molecular weight is 412 g/mol. The number of aromatic nitrogens is 1. The van der Waals surface area contributed by atoms with Crippen LogP contribution in [0, 0.1) is 0 Å². The average Bonchev–Trinajstić information content (AvgIpc) is 2.91. The van der Waals surface area contributed by atoms with Gasteiger partial charge >= 0.3 is 5.97 Å². The molecule has 1 heterocycles. The van der Waals surface area contributed by atoms with Crippen molar-refractivity contribution in [3.8, 4) is 0 Å². The molecule has 0 amide bonds. The highest BCUT2D eigenvalue weighted by Crippen LogP contribution is 2.29. The molecular formula is C11H8BrClN2O4S2. The predicted molar refractivity (Wildman–Crippen MR) is 83.4 cm³/mol. The Kier molecular flexibility index (Phi) is 4.87. The fourth-order valence-corrected chi connectivity index (χ4v) is 4.41. The highest BCUT2D eigenvalue weighted by atomic mass is 79.9. The number of methoxy groups -OCH3 is 1. The normalized spacial score (nSPS) is 11.2. The molecule has 0 saturated heterocycles. The number of carbonyl (C=O) groups excluding carboxylic acids is 1. The van der Waals surface area contributed by atoms with Crippen LogP contribution in [0.25, 0.3) is 0 Å². The van der Waals surface area contributed by atoms with Crippen LogP contribution in [0.15, 0.2) is 32.4 Å². The van der Waals surface area contributed by atoms with E-state index < -0.39 is 16.0 Å². The fraction of sp³-hybridized carbons (Fsp3) is 0.0909. The number of halogens is 2. The summed E-state index contributed by atoms with van der Waals surface area (Å²) in [5.41, 5.74) is 1.19. The first-order valence-corrected chi connectivity index (χ1v) is 8.88. The van der Waals surface area contributed by atoms with E-state index in [1.807, 2.05) is 0 Å². The molecule has 0 aliphatic carbocycles. The number of carbonyl (C=O) groups is 1. The molecule has 0 unspecified atom stereocenters. The van der Waals surface area contributed by atoms with Crippen molar-refractivity contribution in [1.82, 2.24) is 4.98 Å². The van der Waals surface area contributed by atoms with Gasteiger partial charge in [-0.2, -0.15) is 0 Å². The number of esters is 1. The molecule has 0 bridgehead atoms. The summed E-state index contributed by atoms with van der Waals surface area (Å²) < 4.78 is 31.9. The van der Waals surface area contributed by atoms with Crippen LogP contribution in [-0.4, -0.2) is 26.5 Å². The fourth-order valence-electron chi connectivity index (χ4n) is 1.42. The summed E-state index contributed by atoms with van der Waals surface area (Å²) >= 11 is 10.0. The molecule has 2 rings (SSSR count). The highest BCUT2D eigenvalue weighted by Gasteiger charge is 2.27. The monoisotopic (exact) mass is 410 g/mol. The summed E-state index contributed by atoms with van der Waals surface area (Å²) in [5, 5.41) is 0.220.